The van der Waals surface area contributed by atoms with Crippen LogP contribution in [0.5, 0.6) is 0 Å². The van der Waals surface area contributed by atoms with Crippen LogP contribution in [0.2, 0.25) is 0 Å². The summed E-state index contributed by atoms with van der Waals surface area (Å²) < 4.78 is 62.2. The highest BCUT2D eigenvalue weighted by molar-refractivity contribution is 7.89. The van der Waals surface area contributed by atoms with Crippen molar-refractivity contribution in [2.45, 2.75) is 76.4 Å². The third-order valence-electron chi connectivity index (χ3n) is 9.54. The molecule has 0 amide bonds. The van der Waals surface area contributed by atoms with Crippen LogP contribution in [0.25, 0.3) is 0 Å². The average molecular weight is 670 g/mol. The van der Waals surface area contributed by atoms with Gasteiger partial charge in [-0.05, 0) is 57.3 Å². The molecule has 15 heteroatoms. The van der Waals surface area contributed by atoms with E-state index in [0.29, 0.717) is 44.3 Å². The predicted octanol–water partition coefficient (Wildman–Crippen LogP) is -0.266. The molecule has 44 heavy (non-hydrogen) atoms. The van der Waals surface area contributed by atoms with Crippen molar-refractivity contribution < 1.29 is 36.5 Å². The molecule has 0 radical (unpaired) electrons. The fourth-order valence-electron chi connectivity index (χ4n) is 6.69. The molecule has 0 bridgehead atoms. The highest BCUT2D eigenvalue weighted by Gasteiger charge is 2.32. The van der Waals surface area contributed by atoms with Gasteiger partial charge in [0.25, 0.3) is 0 Å². The van der Waals surface area contributed by atoms with Crippen molar-refractivity contribution in [1.29, 1.82) is 0 Å². The van der Waals surface area contributed by atoms with E-state index in [1.165, 1.54) is 25.7 Å². The molecule has 0 aromatic heterocycles. The van der Waals surface area contributed by atoms with Crippen LogP contribution in [-0.2, 0) is 29.5 Å². The van der Waals surface area contributed by atoms with E-state index in [1.54, 1.807) is 8.61 Å². The number of rotatable bonds is 14. The van der Waals surface area contributed by atoms with Gasteiger partial charge in [-0.3, -0.25) is 9.80 Å². The zero-order valence-corrected chi connectivity index (χ0v) is 28.4. The SMILES string of the molecule is CC1CCC(N2CCN(S(=O)(=O)CCOCCO)CC2)CC1.NC1CCC(N2CCN(S(=O)(=O)CCOCCO)CC2)CC1. The first kappa shape index (κ1) is 38.0. The Balaban J connectivity index is 0.000000240. The second-order valence-electron chi connectivity index (χ2n) is 12.7. The predicted molar refractivity (Wildman–Crippen MR) is 171 cm³/mol. The molecule has 2 saturated carbocycles. The van der Waals surface area contributed by atoms with Crippen LogP contribution in [0.3, 0.4) is 0 Å². The van der Waals surface area contributed by atoms with Gasteiger partial charge < -0.3 is 25.4 Å². The molecule has 13 nitrogen and oxygen atoms in total. The Labute approximate surface area is 266 Å². The van der Waals surface area contributed by atoms with Crippen molar-refractivity contribution in [1.82, 2.24) is 18.4 Å². The lowest BCUT2D eigenvalue weighted by Gasteiger charge is -2.41. The second-order valence-corrected chi connectivity index (χ2v) is 16.8. The van der Waals surface area contributed by atoms with Crippen molar-refractivity contribution in [3.63, 3.8) is 0 Å². The van der Waals surface area contributed by atoms with Crippen LogP contribution in [0, 0.1) is 5.92 Å². The van der Waals surface area contributed by atoms with E-state index in [4.69, 9.17) is 25.4 Å². The molecule has 0 aromatic carbocycles. The van der Waals surface area contributed by atoms with Crippen LogP contribution in [0.15, 0.2) is 0 Å². The summed E-state index contributed by atoms with van der Waals surface area (Å²) in [5.41, 5.74) is 5.94. The van der Waals surface area contributed by atoms with Crippen LogP contribution >= 0.6 is 0 Å². The smallest absolute Gasteiger partial charge is 0.216 e. The number of sulfonamides is 2. The topological polar surface area (TPSA) is 166 Å². The summed E-state index contributed by atoms with van der Waals surface area (Å²) in [5, 5.41) is 17.2. The van der Waals surface area contributed by atoms with E-state index in [1.807, 2.05) is 0 Å². The first-order chi connectivity index (χ1) is 21.1. The van der Waals surface area contributed by atoms with Gasteiger partial charge in [0.15, 0.2) is 0 Å². The summed E-state index contributed by atoms with van der Waals surface area (Å²) >= 11 is 0. The van der Waals surface area contributed by atoms with Gasteiger partial charge in [0.1, 0.15) is 0 Å². The van der Waals surface area contributed by atoms with Crippen LogP contribution in [0.4, 0.5) is 0 Å². The fourth-order valence-corrected chi connectivity index (χ4v) is 9.30. The fraction of sp³-hybridized carbons (Fsp3) is 1.00. The van der Waals surface area contributed by atoms with E-state index in [-0.39, 0.29) is 51.1 Å². The van der Waals surface area contributed by atoms with Gasteiger partial charge in [-0.1, -0.05) is 6.92 Å². The molecule has 0 unspecified atom stereocenters. The number of aliphatic hydroxyl groups excluding tert-OH is 2. The average Bonchev–Trinajstić information content (AvgIpc) is 3.03. The van der Waals surface area contributed by atoms with Crippen molar-refractivity contribution >= 4 is 20.0 Å². The third kappa shape index (κ3) is 12.6. The summed E-state index contributed by atoms with van der Waals surface area (Å²) in [4.78, 5) is 4.89. The van der Waals surface area contributed by atoms with Crippen LogP contribution < -0.4 is 5.73 Å². The summed E-state index contributed by atoms with van der Waals surface area (Å²) in [6, 6.07) is 1.56. The zero-order valence-electron chi connectivity index (χ0n) is 26.8. The van der Waals surface area contributed by atoms with Gasteiger partial charge >= 0.3 is 0 Å². The molecule has 4 fully saturated rings. The number of aliphatic hydroxyl groups is 2. The Kier molecular flexibility index (Phi) is 16.7. The molecule has 4 aliphatic rings. The maximum absolute atomic E-state index is 12.2. The molecule has 0 atom stereocenters. The van der Waals surface area contributed by atoms with Crippen LogP contribution in [-0.4, -0.2) is 167 Å². The standard InChI is InChI=1S/C15H30N2O4S.C14H29N3O4S/c1-14-2-4-15(5-3-14)16-6-8-17(9-7-16)22(19,20)13-12-21-11-10-18;15-13-1-3-14(4-2-13)16-5-7-17(8-6-16)22(19,20)12-11-21-10-9-18/h14-15,18H,2-13H2,1H3;13-14,18H,1-12,15H2. The molecular formula is C29H59N5O8S2. The van der Waals surface area contributed by atoms with Crippen molar-refractivity contribution in [3.8, 4) is 0 Å². The number of piperazine rings is 2. The Morgan fingerprint density at radius 1 is 0.591 bits per heavy atom. The van der Waals surface area contributed by atoms with E-state index in [9.17, 15) is 16.8 Å². The number of nitrogens with two attached hydrogens (primary N) is 1. The summed E-state index contributed by atoms with van der Waals surface area (Å²) in [7, 11) is -6.47. The molecule has 0 spiro atoms. The van der Waals surface area contributed by atoms with Gasteiger partial charge in [-0.2, -0.15) is 8.61 Å². The Morgan fingerprint density at radius 2 is 0.955 bits per heavy atom. The minimum absolute atomic E-state index is 0.00788. The Bertz CT molecular complexity index is 909. The lowest BCUT2D eigenvalue weighted by Crippen LogP contribution is -2.53. The van der Waals surface area contributed by atoms with Crippen molar-refractivity contribution in [2.24, 2.45) is 11.7 Å². The lowest BCUT2D eigenvalue weighted by atomic mass is 9.86. The first-order valence-electron chi connectivity index (χ1n) is 16.6. The molecular weight excluding hydrogens is 610 g/mol. The highest BCUT2D eigenvalue weighted by Crippen LogP contribution is 2.28. The lowest BCUT2D eigenvalue weighted by molar-refractivity contribution is 0.0957. The largest absolute Gasteiger partial charge is 0.394 e. The summed E-state index contributed by atoms with van der Waals surface area (Å²) in [6.45, 7) is 8.45. The Hall–Kier alpha value is -0.460. The first-order valence-corrected chi connectivity index (χ1v) is 19.8. The minimum atomic E-state index is -3.25. The highest BCUT2D eigenvalue weighted by atomic mass is 32.2. The third-order valence-corrected chi connectivity index (χ3v) is 13.2. The summed E-state index contributed by atoms with van der Waals surface area (Å²) in [6.07, 6.45) is 9.51. The maximum atomic E-state index is 12.2. The van der Waals surface area contributed by atoms with Crippen molar-refractivity contribution in [3.05, 3.63) is 0 Å². The molecule has 2 aliphatic carbocycles. The zero-order chi connectivity index (χ0) is 32.0. The second kappa shape index (κ2) is 19.4. The van der Waals surface area contributed by atoms with Gasteiger partial charge in [-0.15, -0.1) is 0 Å². The monoisotopic (exact) mass is 669 g/mol. The Morgan fingerprint density at radius 3 is 1.32 bits per heavy atom. The molecule has 4 N–H and O–H groups in total. The number of hydrogen-bond donors (Lipinski definition) is 3. The van der Waals surface area contributed by atoms with E-state index >= 15 is 0 Å². The van der Waals surface area contributed by atoms with E-state index in [0.717, 1.165) is 57.8 Å². The van der Waals surface area contributed by atoms with Crippen molar-refractivity contribution in [2.75, 3.05) is 104 Å². The molecule has 0 aromatic rings. The number of ether oxygens (including phenoxy) is 2. The normalized spacial score (nSPS) is 28.8. The molecule has 2 heterocycles. The summed E-state index contributed by atoms with van der Waals surface area (Å²) in [5.74, 6) is 0.844. The maximum Gasteiger partial charge on any atom is 0.216 e. The van der Waals surface area contributed by atoms with E-state index in [2.05, 4.69) is 16.7 Å². The van der Waals surface area contributed by atoms with Crippen LogP contribution in [0.1, 0.15) is 58.3 Å². The molecule has 4 rings (SSSR count). The quantitative estimate of drug-likeness (QED) is 0.209. The van der Waals surface area contributed by atoms with Gasteiger partial charge in [0, 0.05) is 70.5 Å². The van der Waals surface area contributed by atoms with Gasteiger partial charge in [0.05, 0.1) is 51.1 Å². The molecule has 260 valence electrons. The number of nitrogens with zero attached hydrogens (tertiary/aromatic N) is 4. The van der Waals surface area contributed by atoms with Gasteiger partial charge in [-0.25, -0.2) is 16.8 Å². The van der Waals surface area contributed by atoms with Gasteiger partial charge in [0.2, 0.25) is 20.0 Å². The van der Waals surface area contributed by atoms with E-state index < -0.39 is 20.0 Å². The minimum Gasteiger partial charge on any atom is -0.394 e. The number of hydrogen-bond acceptors (Lipinski definition) is 11. The molecule has 2 aliphatic heterocycles. The molecule has 2 saturated heterocycles.